The molecule has 0 heterocycles. The monoisotopic (exact) mass is 364 g/mol. The van der Waals surface area contributed by atoms with Gasteiger partial charge >= 0.3 is 0 Å². The van der Waals surface area contributed by atoms with Crippen molar-refractivity contribution in [2.75, 3.05) is 7.05 Å². The summed E-state index contributed by atoms with van der Waals surface area (Å²) >= 11 is 5.95. The first-order valence-corrected chi connectivity index (χ1v) is 9.63. The molecule has 1 atom stereocenters. The van der Waals surface area contributed by atoms with Crippen molar-refractivity contribution in [1.82, 2.24) is 10.2 Å². The number of carbonyl (C=O) groups is 2. The van der Waals surface area contributed by atoms with Crippen LogP contribution in [-0.4, -0.2) is 29.8 Å². The second-order valence-corrected chi connectivity index (χ2v) is 7.45. The Hall–Kier alpha value is -1.55. The summed E-state index contributed by atoms with van der Waals surface area (Å²) in [4.78, 5) is 26.3. The van der Waals surface area contributed by atoms with Crippen molar-refractivity contribution < 1.29 is 9.59 Å². The van der Waals surface area contributed by atoms with Gasteiger partial charge in [0.15, 0.2) is 0 Å². The van der Waals surface area contributed by atoms with Gasteiger partial charge in [-0.1, -0.05) is 55.8 Å². The Kier molecular flexibility index (Phi) is 7.76. The van der Waals surface area contributed by atoms with Crippen LogP contribution in [0, 0.1) is 0 Å². The minimum Gasteiger partial charge on any atom is -0.349 e. The van der Waals surface area contributed by atoms with E-state index >= 15 is 0 Å². The van der Waals surface area contributed by atoms with E-state index in [2.05, 4.69) is 5.32 Å². The Morgan fingerprint density at radius 3 is 2.24 bits per heavy atom. The molecule has 1 fully saturated rings. The fraction of sp³-hybridized carbons (Fsp3) is 0.600. The molecule has 1 saturated carbocycles. The van der Waals surface area contributed by atoms with Crippen LogP contribution in [-0.2, 0) is 9.59 Å². The van der Waals surface area contributed by atoms with E-state index < -0.39 is 0 Å². The lowest BCUT2D eigenvalue weighted by atomic mass is 9.95. The minimum atomic E-state index is -0.321. The van der Waals surface area contributed by atoms with Gasteiger partial charge in [0.1, 0.15) is 0 Å². The van der Waals surface area contributed by atoms with Crippen molar-refractivity contribution in [3.05, 3.63) is 34.9 Å². The van der Waals surface area contributed by atoms with E-state index in [-0.39, 0.29) is 24.3 Å². The fourth-order valence-corrected chi connectivity index (χ4v) is 3.66. The minimum absolute atomic E-state index is 0.0827. The van der Waals surface area contributed by atoms with Crippen LogP contribution in [0.4, 0.5) is 0 Å². The number of hydrogen-bond acceptors (Lipinski definition) is 2. The summed E-state index contributed by atoms with van der Waals surface area (Å²) < 4.78 is 0. The molecule has 1 N–H and O–H groups in total. The molecule has 1 aromatic rings. The third-order valence-electron chi connectivity index (χ3n) is 5.04. The largest absolute Gasteiger partial charge is 0.349 e. The Morgan fingerprint density at radius 2 is 1.68 bits per heavy atom. The topological polar surface area (TPSA) is 49.4 Å². The van der Waals surface area contributed by atoms with Crippen molar-refractivity contribution in [3.8, 4) is 0 Å². The predicted molar refractivity (Wildman–Crippen MR) is 102 cm³/mol. The van der Waals surface area contributed by atoms with Crippen LogP contribution >= 0.6 is 11.6 Å². The van der Waals surface area contributed by atoms with E-state index in [9.17, 15) is 9.59 Å². The van der Waals surface area contributed by atoms with E-state index in [0.717, 1.165) is 18.4 Å². The normalized spacial score (nSPS) is 17.2. The highest BCUT2D eigenvalue weighted by Gasteiger charge is 2.24. The molecule has 4 nitrogen and oxygen atoms in total. The third kappa shape index (κ3) is 6.35. The number of benzene rings is 1. The zero-order valence-corrected chi connectivity index (χ0v) is 16.0. The molecule has 5 heteroatoms. The molecule has 0 aliphatic heterocycles. The zero-order chi connectivity index (χ0) is 18.2. The molecular formula is C20H29ClN2O2. The molecular weight excluding hydrogens is 336 g/mol. The third-order valence-corrected chi connectivity index (χ3v) is 5.30. The molecule has 0 bridgehead atoms. The van der Waals surface area contributed by atoms with E-state index in [1.807, 2.05) is 24.1 Å². The van der Waals surface area contributed by atoms with Crippen LogP contribution in [0.15, 0.2) is 24.3 Å². The van der Waals surface area contributed by atoms with Crippen LogP contribution in [0.3, 0.4) is 0 Å². The number of nitrogens with one attached hydrogen (secondary N) is 1. The highest BCUT2D eigenvalue weighted by molar-refractivity contribution is 6.30. The molecule has 0 radical (unpaired) electrons. The van der Waals surface area contributed by atoms with Gasteiger partial charge in [0.25, 0.3) is 0 Å². The van der Waals surface area contributed by atoms with Gasteiger partial charge < -0.3 is 10.2 Å². The van der Waals surface area contributed by atoms with Crippen molar-refractivity contribution >= 4 is 23.4 Å². The number of amides is 2. The van der Waals surface area contributed by atoms with Crippen LogP contribution in [0.1, 0.15) is 69.9 Å². The molecule has 1 aliphatic carbocycles. The van der Waals surface area contributed by atoms with Crippen molar-refractivity contribution in [2.45, 2.75) is 70.4 Å². The maximum Gasteiger partial charge on any atom is 0.224 e. The zero-order valence-electron chi connectivity index (χ0n) is 15.3. The smallest absolute Gasteiger partial charge is 0.224 e. The van der Waals surface area contributed by atoms with Gasteiger partial charge in [-0.25, -0.2) is 0 Å². The summed E-state index contributed by atoms with van der Waals surface area (Å²) in [7, 11) is 1.90. The average Bonchev–Trinajstić information content (AvgIpc) is 2.53. The predicted octanol–water partition coefficient (Wildman–Crippen LogP) is 4.48. The first-order chi connectivity index (χ1) is 12.0. The number of hydrogen-bond donors (Lipinski definition) is 1. The van der Waals surface area contributed by atoms with Gasteiger partial charge in [-0.05, 0) is 30.5 Å². The summed E-state index contributed by atoms with van der Waals surface area (Å²) in [5.74, 6) is -0.0550. The lowest BCUT2D eigenvalue weighted by Gasteiger charge is -2.31. The number of rotatable bonds is 5. The molecule has 1 aromatic carbocycles. The highest BCUT2D eigenvalue weighted by atomic mass is 35.5. The molecule has 0 aromatic heterocycles. The van der Waals surface area contributed by atoms with E-state index in [0.29, 0.717) is 11.1 Å². The summed E-state index contributed by atoms with van der Waals surface area (Å²) in [5.41, 5.74) is 0.902. The maximum atomic E-state index is 12.8. The quantitative estimate of drug-likeness (QED) is 0.837. The van der Waals surface area contributed by atoms with Gasteiger partial charge in [-0.3, -0.25) is 9.59 Å². The SMILES string of the molecule is CC(=O)NC(CC(=O)N(C)C1CCCCCCC1)c1ccc(Cl)cc1. The van der Waals surface area contributed by atoms with Crippen molar-refractivity contribution in [1.29, 1.82) is 0 Å². The van der Waals surface area contributed by atoms with Gasteiger partial charge in [-0.15, -0.1) is 0 Å². The van der Waals surface area contributed by atoms with E-state index in [1.54, 1.807) is 12.1 Å². The molecule has 2 rings (SSSR count). The first-order valence-electron chi connectivity index (χ1n) is 9.25. The number of nitrogens with zero attached hydrogens (tertiary/aromatic N) is 1. The molecule has 0 spiro atoms. The fourth-order valence-electron chi connectivity index (χ4n) is 3.54. The number of carbonyl (C=O) groups excluding carboxylic acids is 2. The van der Waals surface area contributed by atoms with E-state index in [1.165, 1.54) is 39.0 Å². The molecule has 1 unspecified atom stereocenters. The van der Waals surface area contributed by atoms with Crippen molar-refractivity contribution in [3.63, 3.8) is 0 Å². The molecule has 2 amide bonds. The second-order valence-electron chi connectivity index (χ2n) is 7.01. The van der Waals surface area contributed by atoms with Crippen LogP contribution in [0.5, 0.6) is 0 Å². The van der Waals surface area contributed by atoms with Gasteiger partial charge in [0.05, 0.1) is 12.5 Å². The van der Waals surface area contributed by atoms with Gasteiger partial charge in [-0.2, -0.15) is 0 Å². The Balaban J connectivity index is 2.04. The van der Waals surface area contributed by atoms with Crippen LogP contribution < -0.4 is 5.32 Å². The lowest BCUT2D eigenvalue weighted by molar-refractivity contribution is -0.133. The lowest BCUT2D eigenvalue weighted by Crippen LogP contribution is -2.40. The van der Waals surface area contributed by atoms with Gasteiger partial charge in [0.2, 0.25) is 11.8 Å². The summed E-state index contributed by atoms with van der Waals surface area (Å²) in [6, 6.07) is 7.30. The molecule has 1 aliphatic rings. The molecule has 0 saturated heterocycles. The van der Waals surface area contributed by atoms with E-state index in [4.69, 9.17) is 11.6 Å². The summed E-state index contributed by atoms with van der Waals surface area (Å²) in [6.45, 7) is 1.48. The first kappa shape index (κ1) is 19.8. The van der Waals surface area contributed by atoms with Crippen molar-refractivity contribution in [2.24, 2.45) is 0 Å². The standard InChI is InChI=1S/C20H29ClN2O2/c1-15(24)22-19(16-10-12-17(21)13-11-16)14-20(25)23(2)18-8-6-4-3-5-7-9-18/h10-13,18-19H,3-9,14H2,1-2H3,(H,22,24). The second kappa shape index (κ2) is 9.81. The van der Waals surface area contributed by atoms with Crippen LogP contribution in [0.2, 0.25) is 5.02 Å². The average molecular weight is 365 g/mol. The Morgan fingerprint density at radius 1 is 1.12 bits per heavy atom. The Bertz CT molecular complexity index is 566. The number of halogens is 1. The molecule has 25 heavy (non-hydrogen) atoms. The summed E-state index contributed by atoms with van der Waals surface area (Å²) in [6.07, 6.45) is 8.64. The maximum absolute atomic E-state index is 12.8. The Labute approximate surface area is 155 Å². The van der Waals surface area contributed by atoms with Gasteiger partial charge in [0, 0.05) is 25.0 Å². The highest BCUT2D eigenvalue weighted by Crippen LogP contribution is 2.24. The summed E-state index contributed by atoms with van der Waals surface area (Å²) in [5, 5.41) is 3.54. The molecule has 138 valence electrons. The van der Waals surface area contributed by atoms with Crippen LogP contribution in [0.25, 0.3) is 0 Å².